The fourth-order valence-electron chi connectivity index (χ4n) is 2.67. The molecule has 2 atom stereocenters. The third-order valence-electron chi connectivity index (χ3n) is 3.50. The Morgan fingerprint density at radius 3 is 3.08 bits per heavy atom. The first kappa shape index (κ1) is 8.05. The summed E-state index contributed by atoms with van der Waals surface area (Å²) < 4.78 is 0. The number of aliphatic hydroxyl groups excluding tert-OH is 1. The molecular formula is C9H15NO2. The first-order valence-corrected chi connectivity index (χ1v) is 4.62. The lowest BCUT2D eigenvalue weighted by Gasteiger charge is -2.33. The molecule has 2 rings (SSSR count). The van der Waals surface area contributed by atoms with Crippen LogP contribution >= 0.6 is 0 Å². The molecule has 0 bridgehead atoms. The molecule has 12 heavy (non-hydrogen) atoms. The average molecular weight is 169 g/mol. The van der Waals surface area contributed by atoms with E-state index in [1.165, 1.54) is 0 Å². The van der Waals surface area contributed by atoms with E-state index in [0.29, 0.717) is 12.3 Å². The van der Waals surface area contributed by atoms with Gasteiger partial charge in [-0.05, 0) is 18.8 Å². The Hall–Kier alpha value is -0.570. The number of aliphatic hydroxyl groups is 1. The van der Waals surface area contributed by atoms with Gasteiger partial charge in [0.25, 0.3) is 0 Å². The molecule has 1 N–H and O–H groups in total. The highest BCUT2D eigenvalue weighted by atomic mass is 16.3. The van der Waals surface area contributed by atoms with Gasteiger partial charge in [0.2, 0.25) is 5.91 Å². The van der Waals surface area contributed by atoms with Gasteiger partial charge in [-0.1, -0.05) is 6.92 Å². The third kappa shape index (κ3) is 0.774. The summed E-state index contributed by atoms with van der Waals surface area (Å²) in [5.41, 5.74) is -0.183. The molecule has 0 aliphatic carbocycles. The molecule has 0 aromatic carbocycles. The Labute approximate surface area is 72.4 Å². The van der Waals surface area contributed by atoms with Crippen molar-refractivity contribution < 1.29 is 9.90 Å². The summed E-state index contributed by atoms with van der Waals surface area (Å²) in [5.74, 6) is 0.562. The van der Waals surface area contributed by atoms with Gasteiger partial charge in [0.05, 0.1) is 12.1 Å². The van der Waals surface area contributed by atoms with Gasteiger partial charge >= 0.3 is 0 Å². The molecular weight excluding hydrogens is 154 g/mol. The number of hydrogen-bond acceptors (Lipinski definition) is 2. The maximum absolute atomic E-state index is 11.4. The van der Waals surface area contributed by atoms with Gasteiger partial charge in [-0.25, -0.2) is 0 Å². The molecule has 2 aliphatic heterocycles. The second-order valence-corrected chi connectivity index (χ2v) is 4.02. The van der Waals surface area contributed by atoms with Gasteiger partial charge in [-0.15, -0.1) is 0 Å². The highest BCUT2D eigenvalue weighted by Crippen LogP contribution is 2.43. The van der Waals surface area contributed by atoms with Crippen LogP contribution in [0.3, 0.4) is 0 Å². The van der Waals surface area contributed by atoms with Crippen molar-refractivity contribution in [2.45, 2.75) is 31.7 Å². The quantitative estimate of drug-likeness (QED) is 0.616. The standard InChI is InChI=1S/C9H15NO2/c1-7-5-8(12)10-4-2-3-9(7,10)6-11/h7,11H,2-6H2,1H3. The van der Waals surface area contributed by atoms with Gasteiger partial charge in [-0.3, -0.25) is 4.79 Å². The molecule has 2 heterocycles. The van der Waals surface area contributed by atoms with E-state index in [4.69, 9.17) is 0 Å². The van der Waals surface area contributed by atoms with Crippen LogP contribution in [-0.4, -0.2) is 34.6 Å². The average Bonchev–Trinajstić information content (AvgIpc) is 2.55. The zero-order chi connectivity index (χ0) is 8.77. The van der Waals surface area contributed by atoms with Crippen molar-refractivity contribution in [3.63, 3.8) is 0 Å². The highest BCUT2D eigenvalue weighted by Gasteiger charge is 2.52. The number of hydrogen-bond donors (Lipinski definition) is 1. The number of amides is 1. The number of rotatable bonds is 1. The zero-order valence-electron chi connectivity index (χ0n) is 7.42. The van der Waals surface area contributed by atoms with E-state index in [2.05, 4.69) is 6.92 Å². The topological polar surface area (TPSA) is 40.5 Å². The lowest BCUT2D eigenvalue weighted by molar-refractivity contribution is -0.130. The van der Waals surface area contributed by atoms with Crippen LogP contribution in [0.2, 0.25) is 0 Å². The van der Waals surface area contributed by atoms with Crippen LogP contribution in [-0.2, 0) is 4.79 Å². The van der Waals surface area contributed by atoms with Crippen molar-refractivity contribution in [1.29, 1.82) is 0 Å². The minimum atomic E-state index is -0.183. The van der Waals surface area contributed by atoms with Crippen LogP contribution < -0.4 is 0 Å². The summed E-state index contributed by atoms with van der Waals surface area (Å²) in [6.45, 7) is 3.06. The van der Waals surface area contributed by atoms with Crippen LogP contribution in [0, 0.1) is 5.92 Å². The van der Waals surface area contributed by atoms with E-state index >= 15 is 0 Å². The van der Waals surface area contributed by atoms with E-state index in [1.807, 2.05) is 4.90 Å². The Morgan fingerprint density at radius 2 is 2.50 bits per heavy atom. The smallest absolute Gasteiger partial charge is 0.223 e. The summed E-state index contributed by atoms with van der Waals surface area (Å²) in [6.07, 6.45) is 2.66. The van der Waals surface area contributed by atoms with Crippen LogP contribution in [0.1, 0.15) is 26.2 Å². The van der Waals surface area contributed by atoms with Crippen LogP contribution in [0.25, 0.3) is 0 Å². The van der Waals surface area contributed by atoms with Crippen molar-refractivity contribution in [3.8, 4) is 0 Å². The molecule has 68 valence electrons. The largest absolute Gasteiger partial charge is 0.394 e. The fraction of sp³-hybridized carbons (Fsp3) is 0.889. The van der Waals surface area contributed by atoms with Gasteiger partial charge in [-0.2, -0.15) is 0 Å². The summed E-state index contributed by atoms with van der Waals surface area (Å²) in [4.78, 5) is 13.3. The number of nitrogens with zero attached hydrogens (tertiary/aromatic N) is 1. The molecule has 0 aromatic heterocycles. The SMILES string of the molecule is CC1CC(=O)N2CCCC12CO. The second-order valence-electron chi connectivity index (χ2n) is 4.02. The molecule has 2 fully saturated rings. The molecule has 0 aromatic rings. The van der Waals surface area contributed by atoms with Crippen molar-refractivity contribution in [2.75, 3.05) is 13.2 Å². The van der Waals surface area contributed by atoms with E-state index in [-0.39, 0.29) is 18.1 Å². The Balaban J connectivity index is 2.32. The van der Waals surface area contributed by atoms with E-state index in [1.54, 1.807) is 0 Å². The molecule has 3 nitrogen and oxygen atoms in total. The van der Waals surface area contributed by atoms with E-state index in [0.717, 1.165) is 19.4 Å². The van der Waals surface area contributed by atoms with Crippen LogP contribution in [0.5, 0.6) is 0 Å². The molecule has 1 amide bonds. The normalized spacial score (nSPS) is 40.7. The van der Waals surface area contributed by atoms with Crippen LogP contribution in [0.4, 0.5) is 0 Å². The maximum Gasteiger partial charge on any atom is 0.223 e. The summed E-state index contributed by atoms with van der Waals surface area (Å²) in [7, 11) is 0. The first-order chi connectivity index (χ1) is 5.70. The van der Waals surface area contributed by atoms with Crippen molar-refractivity contribution in [1.82, 2.24) is 4.90 Å². The highest BCUT2D eigenvalue weighted by molar-refractivity contribution is 5.80. The predicted molar refractivity (Wildman–Crippen MR) is 44.5 cm³/mol. The fourth-order valence-corrected chi connectivity index (χ4v) is 2.67. The van der Waals surface area contributed by atoms with Gasteiger partial charge in [0, 0.05) is 13.0 Å². The molecule has 0 spiro atoms. The Bertz CT molecular complexity index is 217. The van der Waals surface area contributed by atoms with E-state index < -0.39 is 0 Å². The third-order valence-corrected chi connectivity index (χ3v) is 3.50. The molecule has 0 radical (unpaired) electrons. The van der Waals surface area contributed by atoms with Gasteiger partial charge in [0.15, 0.2) is 0 Å². The van der Waals surface area contributed by atoms with Crippen LogP contribution in [0.15, 0.2) is 0 Å². The van der Waals surface area contributed by atoms with Crippen molar-refractivity contribution in [2.24, 2.45) is 5.92 Å². The molecule has 2 saturated heterocycles. The zero-order valence-corrected chi connectivity index (χ0v) is 7.42. The minimum Gasteiger partial charge on any atom is -0.394 e. The maximum atomic E-state index is 11.4. The first-order valence-electron chi connectivity index (χ1n) is 4.62. The lowest BCUT2D eigenvalue weighted by atomic mass is 9.85. The summed E-state index contributed by atoms with van der Waals surface area (Å²) in [6, 6.07) is 0. The predicted octanol–water partition coefficient (Wildman–Crippen LogP) is 0.380. The van der Waals surface area contributed by atoms with E-state index in [9.17, 15) is 9.90 Å². The minimum absolute atomic E-state index is 0.139. The van der Waals surface area contributed by atoms with Gasteiger partial charge in [0.1, 0.15) is 0 Å². The summed E-state index contributed by atoms with van der Waals surface area (Å²) in [5, 5.41) is 9.32. The Kier molecular flexibility index (Phi) is 1.65. The molecule has 2 aliphatic rings. The monoisotopic (exact) mass is 169 g/mol. The number of carbonyl (C=O) groups is 1. The van der Waals surface area contributed by atoms with Crippen molar-refractivity contribution >= 4 is 5.91 Å². The number of carbonyl (C=O) groups excluding carboxylic acids is 1. The molecule has 3 heteroatoms. The molecule has 2 unspecified atom stereocenters. The Morgan fingerprint density at radius 1 is 1.75 bits per heavy atom. The summed E-state index contributed by atoms with van der Waals surface area (Å²) >= 11 is 0. The van der Waals surface area contributed by atoms with Gasteiger partial charge < -0.3 is 10.0 Å². The number of fused-ring (bicyclic) bond motifs is 1. The lowest BCUT2D eigenvalue weighted by Crippen LogP contribution is -2.46. The molecule has 0 saturated carbocycles. The van der Waals surface area contributed by atoms with Crippen molar-refractivity contribution in [3.05, 3.63) is 0 Å². The second kappa shape index (κ2) is 2.46.